The van der Waals surface area contributed by atoms with Crippen LogP contribution in [0.15, 0.2) is 24.3 Å². The molecule has 0 aliphatic carbocycles. The van der Waals surface area contributed by atoms with Gasteiger partial charge >= 0.3 is 6.18 Å². The molecule has 0 heterocycles. The first-order valence-corrected chi connectivity index (χ1v) is 6.06. The number of nitrogens with one attached hydrogen (secondary N) is 1. The van der Waals surface area contributed by atoms with E-state index in [1.807, 2.05) is 12.1 Å². The maximum absolute atomic E-state index is 12.0. The highest BCUT2D eigenvalue weighted by Gasteiger charge is 2.26. The van der Waals surface area contributed by atoms with E-state index in [1.54, 1.807) is 12.1 Å². The van der Waals surface area contributed by atoms with Gasteiger partial charge in [0.1, 0.15) is 6.54 Å². The maximum atomic E-state index is 12.0. The summed E-state index contributed by atoms with van der Waals surface area (Å²) in [4.78, 5) is 2.25. The van der Waals surface area contributed by atoms with Crippen LogP contribution in [0.3, 0.4) is 0 Å². The normalized spacial score (nSPS) is 11.9. The molecule has 5 heteroatoms. The summed E-state index contributed by atoms with van der Waals surface area (Å²) in [6, 6.07) is 7.09. The molecule has 0 aliphatic heterocycles. The molecule has 0 radical (unpaired) electrons. The lowest BCUT2D eigenvalue weighted by Crippen LogP contribution is -2.22. The van der Waals surface area contributed by atoms with Gasteiger partial charge in [-0.15, -0.1) is 0 Å². The van der Waals surface area contributed by atoms with E-state index >= 15 is 0 Å². The van der Waals surface area contributed by atoms with Gasteiger partial charge in [-0.05, 0) is 30.8 Å². The van der Waals surface area contributed by atoms with Gasteiger partial charge in [0, 0.05) is 12.2 Å². The molecule has 0 saturated heterocycles. The number of hydrogen-bond donors (Lipinski definition) is 1. The van der Waals surface area contributed by atoms with Gasteiger partial charge in [-0.25, -0.2) is 0 Å². The van der Waals surface area contributed by atoms with Crippen LogP contribution < -0.4 is 5.32 Å². The fourth-order valence-corrected chi connectivity index (χ4v) is 1.64. The van der Waals surface area contributed by atoms with E-state index in [0.717, 1.165) is 25.2 Å². The number of hydrogen-bond acceptors (Lipinski definition) is 2. The van der Waals surface area contributed by atoms with Crippen LogP contribution in [0.2, 0.25) is 0 Å². The third kappa shape index (κ3) is 5.40. The van der Waals surface area contributed by atoms with Gasteiger partial charge in [0.25, 0.3) is 0 Å². The van der Waals surface area contributed by atoms with E-state index in [-0.39, 0.29) is 0 Å². The molecule has 0 aromatic heterocycles. The highest BCUT2D eigenvalue weighted by atomic mass is 19.4. The van der Waals surface area contributed by atoms with E-state index < -0.39 is 12.7 Å². The summed E-state index contributed by atoms with van der Waals surface area (Å²) in [5.74, 6) is 0. The molecule has 0 spiro atoms. The molecule has 0 amide bonds. The molecular weight excluding hydrogens is 241 g/mol. The highest BCUT2D eigenvalue weighted by Crippen LogP contribution is 2.17. The van der Waals surface area contributed by atoms with Gasteiger partial charge in [-0.1, -0.05) is 26.0 Å². The lowest BCUT2D eigenvalue weighted by atomic mass is 10.2. The maximum Gasteiger partial charge on any atom is 0.405 e. The van der Waals surface area contributed by atoms with Crippen LogP contribution in [-0.4, -0.2) is 30.7 Å². The number of rotatable bonds is 6. The van der Waals surface area contributed by atoms with Crippen molar-refractivity contribution in [2.45, 2.75) is 26.6 Å². The molecule has 2 nitrogen and oxygen atoms in total. The summed E-state index contributed by atoms with van der Waals surface area (Å²) in [6.45, 7) is 5.93. The zero-order chi connectivity index (χ0) is 13.6. The molecule has 1 rings (SSSR count). The monoisotopic (exact) mass is 260 g/mol. The SMILES string of the molecule is CCN(CC)Cc1ccc(NCC(F)(F)F)cc1. The Morgan fingerprint density at radius 1 is 1.06 bits per heavy atom. The van der Waals surface area contributed by atoms with Crippen LogP contribution in [0, 0.1) is 0 Å². The minimum atomic E-state index is -4.18. The smallest absolute Gasteiger partial charge is 0.376 e. The molecule has 0 aliphatic rings. The van der Waals surface area contributed by atoms with Crippen molar-refractivity contribution in [1.82, 2.24) is 4.90 Å². The second-order valence-corrected chi connectivity index (χ2v) is 4.13. The van der Waals surface area contributed by atoms with Crippen molar-refractivity contribution in [2.24, 2.45) is 0 Å². The number of anilines is 1. The van der Waals surface area contributed by atoms with Crippen molar-refractivity contribution >= 4 is 5.69 Å². The van der Waals surface area contributed by atoms with E-state index in [1.165, 1.54) is 0 Å². The summed E-state index contributed by atoms with van der Waals surface area (Å²) in [6.07, 6.45) is -4.18. The molecule has 0 fully saturated rings. The summed E-state index contributed by atoms with van der Waals surface area (Å²) in [7, 11) is 0. The van der Waals surface area contributed by atoms with Gasteiger partial charge in [0.2, 0.25) is 0 Å². The predicted molar refractivity (Wildman–Crippen MR) is 67.6 cm³/mol. The molecule has 18 heavy (non-hydrogen) atoms. The van der Waals surface area contributed by atoms with Crippen molar-refractivity contribution in [1.29, 1.82) is 0 Å². The van der Waals surface area contributed by atoms with E-state index in [9.17, 15) is 13.2 Å². The molecule has 0 unspecified atom stereocenters. The minimum absolute atomic E-state index is 0.496. The Labute approximate surface area is 106 Å². The standard InChI is InChI=1S/C13H19F3N2/c1-3-18(4-2)9-11-5-7-12(8-6-11)17-10-13(14,15)16/h5-8,17H,3-4,9-10H2,1-2H3. The third-order valence-corrected chi connectivity index (χ3v) is 2.75. The van der Waals surface area contributed by atoms with Crippen LogP contribution in [0.1, 0.15) is 19.4 Å². The van der Waals surface area contributed by atoms with Gasteiger partial charge in [0.15, 0.2) is 0 Å². The molecule has 1 aromatic carbocycles. The average molecular weight is 260 g/mol. The van der Waals surface area contributed by atoms with Crippen molar-refractivity contribution in [3.8, 4) is 0 Å². The largest absolute Gasteiger partial charge is 0.405 e. The van der Waals surface area contributed by atoms with Crippen molar-refractivity contribution in [3.63, 3.8) is 0 Å². The second-order valence-electron chi connectivity index (χ2n) is 4.13. The first kappa shape index (κ1) is 14.8. The van der Waals surface area contributed by atoms with Crippen LogP contribution in [0.25, 0.3) is 0 Å². The van der Waals surface area contributed by atoms with Gasteiger partial charge in [-0.2, -0.15) is 13.2 Å². The Morgan fingerprint density at radius 2 is 1.61 bits per heavy atom. The van der Waals surface area contributed by atoms with Crippen LogP contribution in [0.5, 0.6) is 0 Å². The zero-order valence-corrected chi connectivity index (χ0v) is 10.7. The van der Waals surface area contributed by atoms with Gasteiger partial charge < -0.3 is 5.32 Å². The highest BCUT2D eigenvalue weighted by molar-refractivity contribution is 5.44. The van der Waals surface area contributed by atoms with Gasteiger partial charge in [0.05, 0.1) is 0 Å². The van der Waals surface area contributed by atoms with E-state index in [2.05, 4.69) is 24.1 Å². The van der Waals surface area contributed by atoms with Crippen LogP contribution >= 0.6 is 0 Å². The summed E-state index contributed by atoms with van der Waals surface area (Å²) in [5.41, 5.74) is 1.60. The first-order valence-electron chi connectivity index (χ1n) is 6.06. The van der Waals surface area contributed by atoms with Crippen LogP contribution in [-0.2, 0) is 6.54 Å². The molecule has 0 bridgehead atoms. The van der Waals surface area contributed by atoms with Crippen LogP contribution in [0.4, 0.5) is 18.9 Å². The number of benzene rings is 1. The number of nitrogens with zero attached hydrogens (tertiary/aromatic N) is 1. The lowest BCUT2D eigenvalue weighted by Gasteiger charge is -2.18. The second kappa shape index (κ2) is 6.64. The lowest BCUT2D eigenvalue weighted by molar-refractivity contribution is -0.115. The fourth-order valence-electron chi connectivity index (χ4n) is 1.64. The number of halogens is 3. The van der Waals surface area contributed by atoms with Crippen molar-refractivity contribution in [3.05, 3.63) is 29.8 Å². The Bertz CT molecular complexity index is 342. The quantitative estimate of drug-likeness (QED) is 0.842. The molecule has 1 N–H and O–H groups in total. The first-order chi connectivity index (χ1) is 8.44. The molecule has 0 saturated carbocycles. The van der Waals surface area contributed by atoms with E-state index in [4.69, 9.17) is 0 Å². The average Bonchev–Trinajstić information content (AvgIpc) is 2.34. The fraction of sp³-hybridized carbons (Fsp3) is 0.538. The molecule has 102 valence electrons. The van der Waals surface area contributed by atoms with Crippen molar-refractivity contribution in [2.75, 3.05) is 25.0 Å². The molecular formula is C13H19F3N2. The Hall–Kier alpha value is -1.23. The third-order valence-electron chi connectivity index (χ3n) is 2.75. The topological polar surface area (TPSA) is 15.3 Å². The van der Waals surface area contributed by atoms with E-state index in [0.29, 0.717) is 5.69 Å². The summed E-state index contributed by atoms with van der Waals surface area (Å²) in [5, 5.41) is 2.35. The Balaban J connectivity index is 2.52. The minimum Gasteiger partial charge on any atom is -0.376 e. The summed E-state index contributed by atoms with van der Waals surface area (Å²) >= 11 is 0. The molecule has 0 atom stereocenters. The molecule has 1 aromatic rings. The Morgan fingerprint density at radius 3 is 2.06 bits per heavy atom. The van der Waals surface area contributed by atoms with Crippen molar-refractivity contribution < 1.29 is 13.2 Å². The van der Waals surface area contributed by atoms with Gasteiger partial charge in [-0.3, -0.25) is 4.90 Å². The number of alkyl halides is 3. The zero-order valence-electron chi connectivity index (χ0n) is 10.7. The summed E-state index contributed by atoms with van der Waals surface area (Å²) < 4.78 is 36.0. The predicted octanol–water partition coefficient (Wildman–Crippen LogP) is 3.50. The Kier molecular flexibility index (Phi) is 5.47.